The van der Waals surface area contributed by atoms with Gasteiger partial charge in [0.25, 0.3) is 0 Å². The van der Waals surface area contributed by atoms with Crippen LogP contribution in [-0.4, -0.2) is 32.1 Å². The summed E-state index contributed by atoms with van der Waals surface area (Å²) in [5, 5.41) is 3.29. The molecule has 0 amide bonds. The lowest BCUT2D eigenvalue weighted by Gasteiger charge is -2.27. The van der Waals surface area contributed by atoms with Crippen LogP contribution >= 0.6 is 0 Å². The normalized spacial score (nSPS) is 30.1. The predicted octanol–water partition coefficient (Wildman–Crippen LogP) is 0.982. The minimum Gasteiger partial charge on any atom is -0.381 e. The molecule has 0 aromatic rings. The summed E-state index contributed by atoms with van der Waals surface area (Å²) < 4.78 is 5.36. The zero-order valence-corrected chi connectivity index (χ0v) is 8.63. The van der Waals surface area contributed by atoms with Crippen LogP contribution in [0.25, 0.3) is 0 Å². The molecule has 0 aromatic heterocycles. The number of hydrogen-bond donors (Lipinski definition) is 1. The first-order valence-electron chi connectivity index (χ1n) is 5.70. The van der Waals surface area contributed by atoms with Crippen molar-refractivity contribution in [2.45, 2.75) is 25.7 Å². The first-order chi connectivity index (χ1) is 6.88. The lowest BCUT2D eigenvalue weighted by molar-refractivity contribution is -0.131. The number of nitrogens with one attached hydrogen (secondary N) is 1. The zero-order chi connectivity index (χ0) is 9.80. The number of carbonyl (C=O) groups is 1. The Bertz CT molecular complexity index is 173. The van der Waals surface area contributed by atoms with Crippen molar-refractivity contribution in [2.24, 2.45) is 11.8 Å². The van der Waals surface area contributed by atoms with Gasteiger partial charge in [0, 0.05) is 18.4 Å². The van der Waals surface area contributed by atoms with E-state index in [4.69, 9.17) is 4.74 Å². The molecular weight excluding hydrogens is 178 g/mol. The Morgan fingerprint density at radius 2 is 1.93 bits per heavy atom. The van der Waals surface area contributed by atoms with Crippen LogP contribution in [-0.2, 0) is 9.53 Å². The Hall–Kier alpha value is -0.410. The molecule has 2 fully saturated rings. The molecule has 3 nitrogen and oxygen atoms in total. The van der Waals surface area contributed by atoms with Gasteiger partial charge in [-0.05, 0) is 38.8 Å². The third kappa shape index (κ3) is 2.34. The molecule has 0 aromatic carbocycles. The summed E-state index contributed by atoms with van der Waals surface area (Å²) in [5.74, 6) is 0.973. The van der Waals surface area contributed by atoms with Crippen molar-refractivity contribution in [1.29, 1.82) is 0 Å². The van der Waals surface area contributed by atoms with Gasteiger partial charge in [-0.25, -0.2) is 0 Å². The Labute approximate surface area is 85.2 Å². The number of hydrogen-bond acceptors (Lipinski definition) is 3. The Morgan fingerprint density at radius 3 is 2.57 bits per heavy atom. The fraction of sp³-hybridized carbons (Fsp3) is 0.909. The molecule has 2 heterocycles. The van der Waals surface area contributed by atoms with Crippen LogP contribution in [0.15, 0.2) is 0 Å². The molecule has 14 heavy (non-hydrogen) atoms. The Morgan fingerprint density at radius 1 is 1.14 bits per heavy atom. The van der Waals surface area contributed by atoms with E-state index in [0.29, 0.717) is 18.3 Å². The summed E-state index contributed by atoms with van der Waals surface area (Å²) in [6.07, 6.45) is 4.15. The van der Waals surface area contributed by atoms with E-state index in [2.05, 4.69) is 5.32 Å². The average molecular weight is 197 g/mol. The topological polar surface area (TPSA) is 38.3 Å². The number of ketones is 1. The molecule has 0 spiro atoms. The molecule has 1 N–H and O–H groups in total. The van der Waals surface area contributed by atoms with Crippen LogP contribution in [0.3, 0.4) is 0 Å². The van der Waals surface area contributed by atoms with Gasteiger partial charge in [-0.3, -0.25) is 4.79 Å². The predicted molar refractivity (Wildman–Crippen MR) is 54.1 cm³/mol. The molecule has 80 valence electrons. The second-order valence-electron chi connectivity index (χ2n) is 4.34. The summed E-state index contributed by atoms with van der Waals surface area (Å²) in [6, 6.07) is 0. The molecule has 2 rings (SSSR count). The van der Waals surface area contributed by atoms with Gasteiger partial charge in [-0.1, -0.05) is 0 Å². The Balaban J connectivity index is 1.85. The molecule has 0 saturated carbocycles. The summed E-state index contributed by atoms with van der Waals surface area (Å²) >= 11 is 0. The third-order valence-corrected chi connectivity index (χ3v) is 3.30. The summed E-state index contributed by atoms with van der Waals surface area (Å²) in [7, 11) is 0. The summed E-state index contributed by atoms with van der Waals surface area (Å²) in [5.41, 5.74) is 0. The second-order valence-corrected chi connectivity index (χ2v) is 4.34. The highest BCUT2D eigenvalue weighted by atomic mass is 16.5. The highest BCUT2D eigenvalue weighted by molar-refractivity contribution is 5.83. The number of ether oxygens (including phenoxy) is 1. The standard InChI is InChI=1S/C11H19NO2/c13-11(9-3-5-12-6-4-9)10-2-1-7-14-8-10/h9-10,12H,1-8H2/t10-/m1/s1. The van der Waals surface area contributed by atoms with Gasteiger partial charge in [-0.2, -0.15) is 0 Å². The first-order valence-corrected chi connectivity index (χ1v) is 5.70. The van der Waals surface area contributed by atoms with Crippen molar-refractivity contribution in [3.63, 3.8) is 0 Å². The van der Waals surface area contributed by atoms with Crippen molar-refractivity contribution >= 4 is 5.78 Å². The van der Waals surface area contributed by atoms with Crippen LogP contribution in [0.4, 0.5) is 0 Å². The maximum absolute atomic E-state index is 12.0. The molecule has 2 saturated heterocycles. The van der Waals surface area contributed by atoms with Crippen molar-refractivity contribution in [1.82, 2.24) is 5.32 Å². The number of carbonyl (C=O) groups excluding carboxylic acids is 1. The molecule has 0 unspecified atom stereocenters. The van der Waals surface area contributed by atoms with E-state index in [9.17, 15) is 4.79 Å². The second kappa shape index (κ2) is 4.89. The molecule has 3 heteroatoms. The number of rotatable bonds is 2. The van der Waals surface area contributed by atoms with Gasteiger partial charge < -0.3 is 10.1 Å². The van der Waals surface area contributed by atoms with E-state index >= 15 is 0 Å². The average Bonchev–Trinajstić information content (AvgIpc) is 2.30. The van der Waals surface area contributed by atoms with Crippen LogP contribution in [0.1, 0.15) is 25.7 Å². The molecule has 2 aliphatic heterocycles. The van der Waals surface area contributed by atoms with Crippen molar-refractivity contribution in [2.75, 3.05) is 26.3 Å². The minimum atomic E-state index is 0.201. The van der Waals surface area contributed by atoms with Crippen LogP contribution in [0.5, 0.6) is 0 Å². The van der Waals surface area contributed by atoms with Gasteiger partial charge in [0.05, 0.1) is 6.61 Å². The highest BCUT2D eigenvalue weighted by Crippen LogP contribution is 2.23. The van der Waals surface area contributed by atoms with Crippen LogP contribution < -0.4 is 5.32 Å². The van der Waals surface area contributed by atoms with Crippen molar-refractivity contribution in [3.8, 4) is 0 Å². The zero-order valence-electron chi connectivity index (χ0n) is 8.63. The largest absolute Gasteiger partial charge is 0.381 e. The van der Waals surface area contributed by atoms with E-state index in [1.165, 1.54) is 0 Å². The van der Waals surface area contributed by atoms with Crippen LogP contribution in [0.2, 0.25) is 0 Å². The molecular formula is C11H19NO2. The lowest BCUT2D eigenvalue weighted by atomic mass is 9.84. The third-order valence-electron chi connectivity index (χ3n) is 3.30. The van der Waals surface area contributed by atoms with Crippen LogP contribution in [0, 0.1) is 11.8 Å². The van der Waals surface area contributed by atoms with Gasteiger partial charge >= 0.3 is 0 Å². The van der Waals surface area contributed by atoms with E-state index < -0.39 is 0 Å². The Kier molecular flexibility index (Phi) is 3.54. The molecule has 0 radical (unpaired) electrons. The molecule has 1 atom stereocenters. The van der Waals surface area contributed by atoms with Gasteiger partial charge in [0.2, 0.25) is 0 Å². The summed E-state index contributed by atoms with van der Waals surface area (Å²) in [4.78, 5) is 12.0. The quantitative estimate of drug-likeness (QED) is 0.717. The molecule has 0 bridgehead atoms. The molecule has 2 aliphatic rings. The van der Waals surface area contributed by atoms with E-state index in [0.717, 1.165) is 45.4 Å². The maximum atomic E-state index is 12.0. The van der Waals surface area contributed by atoms with E-state index in [-0.39, 0.29) is 5.92 Å². The number of piperidine rings is 1. The van der Waals surface area contributed by atoms with Crippen molar-refractivity contribution in [3.05, 3.63) is 0 Å². The van der Waals surface area contributed by atoms with E-state index in [1.54, 1.807) is 0 Å². The fourth-order valence-corrected chi connectivity index (χ4v) is 2.40. The fourth-order valence-electron chi connectivity index (χ4n) is 2.40. The minimum absolute atomic E-state index is 0.201. The SMILES string of the molecule is O=C(C1CCNCC1)[C@@H]1CCCOC1. The highest BCUT2D eigenvalue weighted by Gasteiger charge is 2.29. The first kappa shape index (κ1) is 10.1. The molecule has 0 aliphatic carbocycles. The van der Waals surface area contributed by atoms with Crippen molar-refractivity contribution < 1.29 is 9.53 Å². The van der Waals surface area contributed by atoms with Gasteiger partial charge in [0.15, 0.2) is 0 Å². The smallest absolute Gasteiger partial charge is 0.141 e. The summed E-state index contributed by atoms with van der Waals surface area (Å²) in [6.45, 7) is 3.52. The van der Waals surface area contributed by atoms with E-state index in [1.807, 2.05) is 0 Å². The van der Waals surface area contributed by atoms with Gasteiger partial charge in [0.1, 0.15) is 5.78 Å². The lowest BCUT2D eigenvalue weighted by Crippen LogP contribution is -2.37. The monoisotopic (exact) mass is 197 g/mol. The maximum Gasteiger partial charge on any atom is 0.141 e. The number of Topliss-reactive ketones (excluding diaryl/α,β-unsaturated/α-hetero) is 1. The van der Waals surface area contributed by atoms with Gasteiger partial charge in [-0.15, -0.1) is 0 Å².